The number of benzene rings is 2. The van der Waals surface area contributed by atoms with Gasteiger partial charge in [-0.3, -0.25) is 13.9 Å². The molecule has 4 aromatic rings. The van der Waals surface area contributed by atoms with E-state index in [2.05, 4.69) is 11.6 Å². The highest BCUT2D eigenvalue weighted by molar-refractivity contribution is 6.30. The summed E-state index contributed by atoms with van der Waals surface area (Å²) >= 11 is 5.94. The number of likely N-dealkylation sites (tertiary alicyclic amines) is 1. The van der Waals surface area contributed by atoms with Crippen LogP contribution in [0.5, 0.6) is 5.75 Å². The van der Waals surface area contributed by atoms with Gasteiger partial charge in [0.25, 0.3) is 0 Å². The minimum Gasteiger partial charge on any atom is -0.489 e. The molecule has 2 N–H and O–H groups in total. The number of halogens is 1. The summed E-state index contributed by atoms with van der Waals surface area (Å²) in [5, 5.41) is 0.676. The molecule has 1 fully saturated rings. The maximum atomic E-state index is 13.8. The van der Waals surface area contributed by atoms with Gasteiger partial charge in [-0.2, -0.15) is 0 Å². The van der Waals surface area contributed by atoms with E-state index in [0.717, 1.165) is 18.4 Å². The first-order chi connectivity index (χ1) is 17.5. The van der Waals surface area contributed by atoms with Gasteiger partial charge in [0.1, 0.15) is 23.7 Å². The number of nitrogen functional groups attached to an aromatic ring is 1. The van der Waals surface area contributed by atoms with Crippen molar-refractivity contribution in [2.45, 2.75) is 25.5 Å². The van der Waals surface area contributed by atoms with Crippen LogP contribution in [0.1, 0.15) is 24.4 Å². The Labute approximate surface area is 213 Å². The number of pyridine rings is 1. The second kappa shape index (κ2) is 9.91. The number of imidazole rings is 1. The van der Waals surface area contributed by atoms with Gasteiger partial charge < -0.3 is 15.4 Å². The van der Waals surface area contributed by atoms with Crippen molar-refractivity contribution < 1.29 is 9.53 Å². The molecule has 0 saturated carbocycles. The molecule has 1 saturated heterocycles. The molecule has 0 spiro atoms. The van der Waals surface area contributed by atoms with E-state index in [1.165, 1.54) is 6.08 Å². The molecule has 2 aromatic heterocycles. The van der Waals surface area contributed by atoms with Gasteiger partial charge >= 0.3 is 5.69 Å². The van der Waals surface area contributed by atoms with E-state index in [9.17, 15) is 9.59 Å². The third kappa shape index (κ3) is 4.47. The average Bonchev–Trinajstić information content (AvgIpc) is 3.21. The molecular weight excluding hydrogens is 478 g/mol. The molecule has 1 aliphatic heterocycles. The molecule has 9 heteroatoms. The van der Waals surface area contributed by atoms with Crippen molar-refractivity contribution >= 4 is 34.4 Å². The summed E-state index contributed by atoms with van der Waals surface area (Å²) in [4.78, 5) is 32.0. The van der Waals surface area contributed by atoms with Crippen LogP contribution >= 0.6 is 11.6 Å². The quantitative estimate of drug-likeness (QED) is 0.395. The Hall–Kier alpha value is -4.04. The van der Waals surface area contributed by atoms with Crippen LogP contribution in [0.25, 0.3) is 16.7 Å². The number of carbonyl (C=O) groups is 1. The molecule has 5 rings (SSSR count). The molecule has 36 heavy (non-hydrogen) atoms. The fourth-order valence-electron chi connectivity index (χ4n) is 4.72. The van der Waals surface area contributed by atoms with Crippen LogP contribution in [0.2, 0.25) is 5.02 Å². The van der Waals surface area contributed by atoms with Crippen LogP contribution in [0.3, 0.4) is 0 Å². The van der Waals surface area contributed by atoms with Crippen molar-refractivity contribution in [3.8, 4) is 11.4 Å². The summed E-state index contributed by atoms with van der Waals surface area (Å²) in [6.45, 7) is 5.07. The van der Waals surface area contributed by atoms with Gasteiger partial charge in [0.15, 0.2) is 0 Å². The maximum Gasteiger partial charge on any atom is 0.334 e. The number of nitrogens with zero attached hydrogens (tertiary/aromatic N) is 4. The number of piperidine rings is 1. The number of anilines is 1. The molecule has 1 unspecified atom stereocenters. The van der Waals surface area contributed by atoms with Gasteiger partial charge in [-0.15, -0.1) is 0 Å². The van der Waals surface area contributed by atoms with E-state index < -0.39 is 0 Å². The molecule has 1 aliphatic rings. The zero-order valence-corrected chi connectivity index (χ0v) is 20.4. The number of rotatable bonds is 6. The molecule has 0 bridgehead atoms. The average molecular weight is 504 g/mol. The van der Waals surface area contributed by atoms with Gasteiger partial charge in [0.2, 0.25) is 5.91 Å². The zero-order valence-electron chi connectivity index (χ0n) is 19.6. The summed E-state index contributed by atoms with van der Waals surface area (Å²) in [5.74, 6) is 0.801. The van der Waals surface area contributed by atoms with Gasteiger partial charge in [0, 0.05) is 24.3 Å². The number of hydrogen-bond acceptors (Lipinski definition) is 5. The van der Waals surface area contributed by atoms with Crippen molar-refractivity contribution in [3.63, 3.8) is 0 Å². The van der Waals surface area contributed by atoms with Gasteiger partial charge in [0.05, 0.1) is 17.2 Å². The van der Waals surface area contributed by atoms with Crippen molar-refractivity contribution in [1.29, 1.82) is 0 Å². The SMILES string of the molecule is C=CC(=O)N1CCCC(n2c(=O)n(-c3ccc(OCc4ccc(Cl)cc4)cc3)c3c(N)nccc32)C1. The van der Waals surface area contributed by atoms with E-state index in [-0.39, 0.29) is 23.5 Å². The lowest BCUT2D eigenvalue weighted by molar-refractivity contribution is -0.127. The Morgan fingerprint density at radius 1 is 1.17 bits per heavy atom. The lowest BCUT2D eigenvalue weighted by Gasteiger charge is -2.32. The molecule has 2 aromatic carbocycles. The van der Waals surface area contributed by atoms with Gasteiger partial charge in [-0.1, -0.05) is 30.3 Å². The van der Waals surface area contributed by atoms with E-state index in [1.54, 1.807) is 26.3 Å². The summed E-state index contributed by atoms with van der Waals surface area (Å²) < 4.78 is 9.21. The second-order valence-electron chi connectivity index (χ2n) is 8.75. The van der Waals surface area contributed by atoms with Gasteiger partial charge in [-0.05, 0) is 66.9 Å². The smallest absolute Gasteiger partial charge is 0.334 e. The van der Waals surface area contributed by atoms with E-state index in [0.29, 0.717) is 47.2 Å². The highest BCUT2D eigenvalue weighted by Gasteiger charge is 2.28. The van der Waals surface area contributed by atoms with E-state index in [1.807, 2.05) is 48.5 Å². The molecule has 1 amide bonds. The van der Waals surface area contributed by atoms with Crippen LogP contribution in [-0.2, 0) is 11.4 Å². The monoisotopic (exact) mass is 503 g/mol. The maximum absolute atomic E-state index is 13.8. The Morgan fingerprint density at radius 3 is 2.64 bits per heavy atom. The van der Waals surface area contributed by atoms with Crippen LogP contribution in [0, 0.1) is 0 Å². The van der Waals surface area contributed by atoms with Crippen LogP contribution in [0.15, 0.2) is 78.2 Å². The lowest BCUT2D eigenvalue weighted by Crippen LogP contribution is -2.42. The first kappa shape index (κ1) is 23.7. The number of amides is 1. The van der Waals surface area contributed by atoms with Gasteiger partial charge in [-0.25, -0.2) is 9.78 Å². The topological polar surface area (TPSA) is 95.4 Å². The van der Waals surface area contributed by atoms with Crippen LogP contribution in [0.4, 0.5) is 5.82 Å². The minimum absolute atomic E-state index is 0.133. The van der Waals surface area contributed by atoms with Crippen LogP contribution in [-0.4, -0.2) is 38.0 Å². The number of ether oxygens (including phenoxy) is 1. The number of hydrogen-bond donors (Lipinski definition) is 1. The molecule has 8 nitrogen and oxygen atoms in total. The highest BCUT2D eigenvalue weighted by Crippen LogP contribution is 2.29. The summed E-state index contributed by atoms with van der Waals surface area (Å²) in [6, 6.07) is 16.4. The normalized spacial score (nSPS) is 15.7. The standard InChI is InChI=1S/C27H26ClN5O3/c1-2-24(34)31-15-3-4-21(16-31)32-23-13-14-30-26(29)25(23)33(27(32)35)20-9-11-22(12-10-20)36-17-18-5-7-19(28)8-6-18/h2,5-14,21H,1,3-4,15-17H2,(H2,29,30). The van der Waals surface area contributed by atoms with E-state index >= 15 is 0 Å². The Bertz CT molecular complexity index is 1470. The fourth-order valence-corrected chi connectivity index (χ4v) is 4.84. The zero-order chi connectivity index (χ0) is 25.2. The predicted molar refractivity (Wildman–Crippen MR) is 141 cm³/mol. The van der Waals surface area contributed by atoms with Crippen molar-refractivity contribution in [2.24, 2.45) is 0 Å². The first-order valence-corrected chi connectivity index (χ1v) is 12.1. The Morgan fingerprint density at radius 2 is 1.92 bits per heavy atom. The summed E-state index contributed by atoms with van der Waals surface area (Å²) in [6.07, 6.45) is 4.48. The Balaban J connectivity index is 1.48. The Kier molecular flexibility index (Phi) is 6.52. The molecule has 3 heterocycles. The van der Waals surface area contributed by atoms with Crippen molar-refractivity contribution in [1.82, 2.24) is 19.0 Å². The number of nitrogens with two attached hydrogens (primary N) is 1. The fraction of sp³-hybridized carbons (Fsp3) is 0.222. The second-order valence-corrected chi connectivity index (χ2v) is 9.18. The molecule has 184 valence electrons. The number of aromatic nitrogens is 3. The van der Waals surface area contributed by atoms with Crippen molar-refractivity contribution in [3.05, 3.63) is 94.5 Å². The number of carbonyl (C=O) groups excluding carboxylic acids is 1. The predicted octanol–water partition coefficient (Wildman–Crippen LogP) is 4.35. The third-order valence-corrected chi connectivity index (χ3v) is 6.73. The summed E-state index contributed by atoms with van der Waals surface area (Å²) in [5.41, 5.74) is 8.92. The number of fused-ring (bicyclic) bond motifs is 1. The van der Waals surface area contributed by atoms with Crippen molar-refractivity contribution in [2.75, 3.05) is 18.8 Å². The van der Waals surface area contributed by atoms with E-state index in [4.69, 9.17) is 22.1 Å². The highest BCUT2D eigenvalue weighted by atomic mass is 35.5. The lowest BCUT2D eigenvalue weighted by atomic mass is 10.1. The molecule has 0 radical (unpaired) electrons. The third-order valence-electron chi connectivity index (χ3n) is 6.47. The van der Waals surface area contributed by atoms with Crippen LogP contribution < -0.4 is 16.2 Å². The first-order valence-electron chi connectivity index (χ1n) is 11.7. The molecular formula is C27H26ClN5O3. The molecule has 0 aliphatic carbocycles. The molecule has 1 atom stereocenters. The largest absolute Gasteiger partial charge is 0.489 e. The minimum atomic E-state index is -0.225. The summed E-state index contributed by atoms with van der Waals surface area (Å²) in [7, 11) is 0.